The minimum absolute atomic E-state index is 0.265. The number of rotatable bonds is 7. The van der Waals surface area contributed by atoms with Crippen LogP contribution in [0.3, 0.4) is 0 Å². The highest BCUT2D eigenvalue weighted by Gasteiger charge is 2.28. The number of H-pyrrole nitrogens is 1. The maximum absolute atomic E-state index is 13.1. The molecule has 154 valence electrons. The van der Waals surface area contributed by atoms with Crippen LogP contribution in [0.1, 0.15) is 31.2 Å². The summed E-state index contributed by atoms with van der Waals surface area (Å²) >= 11 is 0. The highest BCUT2D eigenvalue weighted by molar-refractivity contribution is 5.85. The highest BCUT2D eigenvalue weighted by atomic mass is 16.4. The summed E-state index contributed by atoms with van der Waals surface area (Å²) in [6.07, 6.45) is 6.90. The molecule has 1 aromatic carbocycles. The van der Waals surface area contributed by atoms with Crippen LogP contribution >= 0.6 is 0 Å². The number of hydrogen-bond donors (Lipinski definition) is 2. The number of hydrogen-bond acceptors (Lipinski definition) is 4. The Labute approximate surface area is 171 Å². The summed E-state index contributed by atoms with van der Waals surface area (Å²) in [5, 5.41) is 8.75. The highest BCUT2D eigenvalue weighted by Crippen LogP contribution is 2.32. The first-order chi connectivity index (χ1) is 14.5. The van der Waals surface area contributed by atoms with Crippen molar-refractivity contribution in [1.29, 1.82) is 0 Å². The molecule has 2 fully saturated rings. The second-order valence-corrected chi connectivity index (χ2v) is 8.27. The second-order valence-electron chi connectivity index (χ2n) is 8.27. The molecule has 2 N–H and O–H groups in total. The molecule has 2 saturated carbocycles. The number of aromatic nitrogens is 4. The van der Waals surface area contributed by atoms with Crippen LogP contribution in [0.25, 0.3) is 28.6 Å². The van der Waals surface area contributed by atoms with Gasteiger partial charge in [-0.15, -0.1) is 0 Å². The normalized spacial score (nSPS) is 16.5. The van der Waals surface area contributed by atoms with Crippen molar-refractivity contribution < 1.29 is 9.90 Å². The van der Waals surface area contributed by atoms with Gasteiger partial charge in [0.15, 0.2) is 5.65 Å². The quantitative estimate of drug-likeness (QED) is 0.586. The van der Waals surface area contributed by atoms with Crippen molar-refractivity contribution in [2.24, 2.45) is 11.8 Å². The van der Waals surface area contributed by atoms with Gasteiger partial charge in [-0.05, 0) is 49.2 Å². The third-order valence-electron chi connectivity index (χ3n) is 5.74. The number of carbonyl (C=O) groups is 1. The third kappa shape index (κ3) is 3.60. The van der Waals surface area contributed by atoms with Gasteiger partial charge < -0.3 is 10.1 Å². The lowest BCUT2D eigenvalue weighted by molar-refractivity contribution is -0.131. The van der Waals surface area contributed by atoms with Gasteiger partial charge in [0, 0.05) is 24.7 Å². The summed E-state index contributed by atoms with van der Waals surface area (Å²) in [5.41, 5.74) is 1.70. The maximum Gasteiger partial charge on any atom is 0.332 e. The van der Waals surface area contributed by atoms with Gasteiger partial charge in [-0.25, -0.2) is 14.6 Å². The lowest BCUT2D eigenvalue weighted by atomic mass is 10.1. The average molecular weight is 406 g/mol. The lowest BCUT2D eigenvalue weighted by Gasteiger charge is -2.10. The van der Waals surface area contributed by atoms with Crippen molar-refractivity contribution in [2.75, 3.05) is 0 Å². The molecule has 0 aliphatic heterocycles. The van der Waals surface area contributed by atoms with Crippen LogP contribution in [0.5, 0.6) is 0 Å². The monoisotopic (exact) mass is 406 g/mol. The van der Waals surface area contributed by atoms with Crippen LogP contribution in [-0.2, 0) is 17.9 Å². The average Bonchev–Trinajstić information content (AvgIpc) is 3.66. The summed E-state index contributed by atoms with van der Waals surface area (Å²) in [4.78, 5) is 44.5. The number of nitrogens with one attached hydrogen (secondary N) is 1. The summed E-state index contributed by atoms with van der Waals surface area (Å²) in [6.45, 7) is 1.06. The fourth-order valence-corrected chi connectivity index (χ4v) is 3.67. The third-order valence-corrected chi connectivity index (χ3v) is 5.74. The van der Waals surface area contributed by atoms with Crippen LogP contribution in [0, 0.1) is 11.8 Å². The minimum atomic E-state index is -1.01. The zero-order valence-electron chi connectivity index (χ0n) is 16.4. The largest absolute Gasteiger partial charge is 0.478 e. The van der Waals surface area contributed by atoms with E-state index < -0.39 is 5.97 Å². The van der Waals surface area contributed by atoms with E-state index in [4.69, 9.17) is 5.11 Å². The molecule has 0 bridgehead atoms. The Hall–Kier alpha value is -3.42. The van der Waals surface area contributed by atoms with Gasteiger partial charge in [0.25, 0.3) is 5.56 Å². The molecule has 5 rings (SSSR count). The Morgan fingerprint density at radius 3 is 2.30 bits per heavy atom. The Morgan fingerprint density at radius 2 is 1.70 bits per heavy atom. The van der Waals surface area contributed by atoms with Crippen molar-refractivity contribution in [2.45, 2.75) is 38.8 Å². The van der Waals surface area contributed by atoms with Crippen LogP contribution < -0.4 is 11.2 Å². The fraction of sp³-hybridized carbons (Fsp3) is 0.364. The number of benzene rings is 1. The zero-order chi connectivity index (χ0) is 20.8. The van der Waals surface area contributed by atoms with Crippen molar-refractivity contribution in [1.82, 2.24) is 19.1 Å². The van der Waals surface area contributed by atoms with Crippen LogP contribution in [0.15, 0.2) is 39.9 Å². The van der Waals surface area contributed by atoms with Gasteiger partial charge in [-0.3, -0.25) is 13.9 Å². The molecular weight excluding hydrogens is 384 g/mol. The summed E-state index contributed by atoms with van der Waals surface area (Å²) in [5.74, 6) is 0.394. The summed E-state index contributed by atoms with van der Waals surface area (Å²) < 4.78 is 3.02. The molecule has 2 aliphatic rings. The molecule has 3 aromatic rings. The molecule has 8 nitrogen and oxygen atoms in total. The van der Waals surface area contributed by atoms with E-state index >= 15 is 0 Å². The smallest absolute Gasteiger partial charge is 0.332 e. The first kappa shape index (κ1) is 18.6. The first-order valence-corrected chi connectivity index (χ1v) is 10.2. The Kier molecular flexibility index (Phi) is 4.42. The SMILES string of the molecule is O=C(O)C=Cc1ccc(-c2nc3c([nH]2)c(=O)n(CC2CC2)c(=O)n3CC2CC2)cc1. The molecule has 8 heteroatoms. The van der Waals surface area contributed by atoms with E-state index in [1.54, 1.807) is 16.7 Å². The number of carboxylic acids is 1. The summed E-state index contributed by atoms with van der Waals surface area (Å²) in [7, 11) is 0. The number of aliphatic carboxylic acids is 1. The van der Waals surface area contributed by atoms with E-state index in [9.17, 15) is 14.4 Å². The Bertz CT molecular complexity index is 1270. The molecule has 30 heavy (non-hydrogen) atoms. The van der Waals surface area contributed by atoms with Crippen LogP contribution in [0.4, 0.5) is 0 Å². The van der Waals surface area contributed by atoms with E-state index in [0.717, 1.165) is 42.9 Å². The molecule has 2 heterocycles. The van der Waals surface area contributed by atoms with Crippen LogP contribution in [-0.4, -0.2) is 30.2 Å². The van der Waals surface area contributed by atoms with E-state index in [-0.39, 0.29) is 11.2 Å². The summed E-state index contributed by atoms with van der Waals surface area (Å²) in [6, 6.07) is 7.19. The van der Waals surface area contributed by atoms with E-state index in [2.05, 4.69) is 9.97 Å². The molecule has 0 saturated heterocycles. The number of fused-ring (bicyclic) bond motifs is 1. The molecule has 2 aliphatic carbocycles. The van der Waals surface area contributed by atoms with Gasteiger partial charge in [0.2, 0.25) is 0 Å². The fourth-order valence-electron chi connectivity index (χ4n) is 3.67. The molecule has 0 radical (unpaired) electrons. The minimum Gasteiger partial charge on any atom is -0.478 e. The zero-order valence-corrected chi connectivity index (χ0v) is 16.4. The molecule has 0 atom stereocenters. The van der Waals surface area contributed by atoms with Gasteiger partial charge >= 0.3 is 11.7 Å². The molecule has 2 aromatic heterocycles. The van der Waals surface area contributed by atoms with E-state index in [0.29, 0.717) is 41.9 Å². The maximum atomic E-state index is 13.1. The number of carboxylic acid groups (broad SMARTS) is 1. The van der Waals surface area contributed by atoms with Gasteiger partial charge in [-0.2, -0.15) is 0 Å². The van der Waals surface area contributed by atoms with Crippen molar-refractivity contribution in [3.8, 4) is 11.4 Å². The molecule has 0 amide bonds. The van der Waals surface area contributed by atoms with E-state index in [1.807, 2.05) is 12.1 Å². The van der Waals surface area contributed by atoms with Gasteiger partial charge in [0.05, 0.1) is 0 Å². The number of aromatic amines is 1. The number of imidazole rings is 1. The first-order valence-electron chi connectivity index (χ1n) is 10.2. The van der Waals surface area contributed by atoms with Crippen molar-refractivity contribution >= 4 is 23.2 Å². The van der Waals surface area contributed by atoms with Crippen molar-refractivity contribution in [3.05, 3.63) is 56.7 Å². The predicted molar refractivity (Wildman–Crippen MR) is 112 cm³/mol. The number of nitrogens with zero attached hydrogens (tertiary/aromatic N) is 3. The molecule has 0 spiro atoms. The van der Waals surface area contributed by atoms with E-state index in [1.165, 1.54) is 10.6 Å². The second kappa shape index (κ2) is 7.12. The Morgan fingerprint density at radius 1 is 1.07 bits per heavy atom. The molecule has 0 unspecified atom stereocenters. The Balaban J connectivity index is 1.58. The van der Waals surface area contributed by atoms with Crippen molar-refractivity contribution in [3.63, 3.8) is 0 Å². The van der Waals surface area contributed by atoms with Gasteiger partial charge in [0.1, 0.15) is 11.3 Å². The predicted octanol–water partition coefficient (Wildman–Crippen LogP) is 2.47. The van der Waals surface area contributed by atoms with Crippen LogP contribution in [0.2, 0.25) is 0 Å². The standard InChI is InChI=1S/C22H22N4O4/c27-17(28)10-7-13-5-8-16(9-6-13)19-23-18-20(24-19)25(11-14-1-2-14)22(30)26(21(18)29)12-15-3-4-15/h5-10,14-15H,1-4,11-12H2,(H,23,24)(H,27,28). The topological polar surface area (TPSA) is 110 Å². The lowest BCUT2D eigenvalue weighted by Crippen LogP contribution is -2.41. The van der Waals surface area contributed by atoms with Gasteiger partial charge in [-0.1, -0.05) is 24.3 Å². The molecular formula is C22H22N4O4.